The summed E-state index contributed by atoms with van der Waals surface area (Å²) >= 11 is 0. The molecule has 0 amide bonds. The Balaban J connectivity index is 1.55. The fourth-order valence-electron chi connectivity index (χ4n) is 4.04. The average Bonchev–Trinajstić information content (AvgIpc) is 3.37. The van der Waals surface area contributed by atoms with Gasteiger partial charge in [0.2, 0.25) is 0 Å². The average molecular weight is 447 g/mol. The zero-order valence-corrected chi connectivity index (χ0v) is 19.2. The van der Waals surface area contributed by atoms with Crippen molar-refractivity contribution in [3.8, 4) is 11.4 Å². The summed E-state index contributed by atoms with van der Waals surface area (Å²) in [5.74, 6) is 1.03. The minimum Gasteiger partial charge on any atom is -0.506 e. The summed E-state index contributed by atoms with van der Waals surface area (Å²) < 4.78 is 1.70. The van der Waals surface area contributed by atoms with Gasteiger partial charge in [0, 0.05) is 17.6 Å². The van der Waals surface area contributed by atoms with Crippen LogP contribution in [-0.4, -0.2) is 19.9 Å². The van der Waals surface area contributed by atoms with E-state index in [1.165, 1.54) is 0 Å². The Morgan fingerprint density at radius 1 is 0.676 bits per heavy atom. The number of nitrogens with zero attached hydrogens (tertiary/aromatic N) is 4. The molecule has 2 heterocycles. The van der Waals surface area contributed by atoms with Crippen molar-refractivity contribution in [3.05, 3.63) is 127 Å². The topological polar surface area (TPSA) is 54.2 Å². The zero-order chi connectivity index (χ0) is 23.5. The molecule has 0 aliphatic carbocycles. The van der Waals surface area contributed by atoms with Crippen LogP contribution in [0.1, 0.15) is 25.2 Å². The highest BCUT2D eigenvalue weighted by molar-refractivity contribution is 5.74. The van der Waals surface area contributed by atoms with Gasteiger partial charge in [0.1, 0.15) is 17.3 Å². The monoisotopic (exact) mass is 446 g/mol. The van der Waals surface area contributed by atoms with Gasteiger partial charge >= 0.3 is 0 Å². The molecule has 0 aliphatic rings. The number of aromatic hydroxyl groups is 1. The van der Waals surface area contributed by atoms with Crippen LogP contribution in [0.5, 0.6) is 5.75 Å². The standard InChI is InChI=1S/C29H26N4O/c1-29(2,27-20-21-32(31-27)24-16-9-10-17-25(24)34)26-18-11-19-28(30-26)33(22-12-5-3-6-13-22)23-14-7-4-8-15-23/h3-21,34H,1-2H3. The Morgan fingerprint density at radius 2 is 1.29 bits per heavy atom. The van der Waals surface area contributed by atoms with E-state index in [1.807, 2.05) is 79.0 Å². The molecule has 2 aromatic heterocycles. The van der Waals surface area contributed by atoms with Crippen LogP contribution in [0.4, 0.5) is 17.2 Å². The van der Waals surface area contributed by atoms with Crippen LogP contribution in [-0.2, 0) is 5.41 Å². The smallest absolute Gasteiger partial charge is 0.141 e. The summed E-state index contributed by atoms with van der Waals surface area (Å²) in [6.07, 6.45) is 1.87. The predicted octanol–water partition coefficient (Wildman–Crippen LogP) is 6.77. The highest BCUT2D eigenvalue weighted by Gasteiger charge is 2.29. The second-order valence-corrected chi connectivity index (χ2v) is 8.65. The molecule has 0 saturated heterocycles. The largest absolute Gasteiger partial charge is 0.506 e. The Hall–Kier alpha value is -4.38. The van der Waals surface area contributed by atoms with Gasteiger partial charge in [-0.15, -0.1) is 0 Å². The maximum absolute atomic E-state index is 10.2. The van der Waals surface area contributed by atoms with Crippen LogP contribution < -0.4 is 4.90 Å². The van der Waals surface area contributed by atoms with E-state index in [0.29, 0.717) is 5.69 Å². The lowest BCUT2D eigenvalue weighted by atomic mass is 9.85. The third-order valence-corrected chi connectivity index (χ3v) is 5.99. The zero-order valence-electron chi connectivity index (χ0n) is 19.2. The molecule has 5 nitrogen and oxygen atoms in total. The summed E-state index contributed by atoms with van der Waals surface area (Å²) in [5.41, 5.74) is 4.05. The van der Waals surface area contributed by atoms with Gasteiger partial charge in [-0.1, -0.05) is 54.6 Å². The van der Waals surface area contributed by atoms with Crippen LogP contribution in [0.25, 0.3) is 5.69 Å². The third kappa shape index (κ3) is 4.04. The van der Waals surface area contributed by atoms with Gasteiger partial charge in [0.15, 0.2) is 0 Å². The molecule has 3 aromatic carbocycles. The lowest BCUT2D eigenvalue weighted by molar-refractivity contribution is 0.469. The van der Waals surface area contributed by atoms with E-state index in [4.69, 9.17) is 10.1 Å². The van der Waals surface area contributed by atoms with Gasteiger partial charge < -0.3 is 5.11 Å². The number of rotatable bonds is 6. The number of aromatic nitrogens is 3. The van der Waals surface area contributed by atoms with Crippen LogP contribution in [0.15, 0.2) is 115 Å². The second-order valence-electron chi connectivity index (χ2n) is 8.65. The second kappa shape index (κ2) is 8.87. The summed E-state index contributed by atoms with van der Waals surface area (Å²) in [5, 5.41) is 15.0. The van der Waals surface area contributed by atoms with Crippen molar-refractivity contribution < 1.29 is 5.11 Å². The highest BCUT2D eigenvalue weighted by atomic mass is 16.3. The van der Waals surface area contributed by atoms with Crippen molar-refractivity contribution in [3.63, 3.8) is 0 Å². The van der Waals surface area contributed by atoms with E-state index in [0.717, 1.165) is 28.6 Å². The molecule has 0 radical (unpaired) electrons. The molecule has 5 heteroatoms. The van der Waals surface area contributed by atoms with Crippen LogP contribution in [0.2, 0.25) is 0 Å². The number of phenols is 1. The lowest BCUT2D eigenvalue weighted by Crippen LogP contribution is -2.23. The Kier molecular flexibility index (Phi) is 5.60. The Bertz CT molecular complexity index is 1350. The molecule has 34 heavy (non-hydrogen) atoms. The Morgan fingerprint density at radius 3 is 1.94 bits per heavy atom. The van der Waals surface area contributed by atoms with Crippen molar-refractivity contribution in [1.82, 2.24) is 14.8 Å². The summed E-state index contributed by atoms with van der Waals surface area (Å²) in [6.45, 7) is 4.23. The van der Waals surface area contributed by atoms with Crippen molar-refractivity contribution in [1.29, 1.82) is 0 Å². The third-order valence-electron chi connectivity index (χ3n) is 5.99. The number of para-hydroxylation sites is 4. The first-order valence-electron chi connectivity index (χ1n) is 11.3. The molecule has 0 saturated carbocycles. The normalized spacial score (nSPS) is 11.4. The van der Waals surface area contributed by atoms with E-state index in [9.17, 15) is 5.11 Å². The fraction of sp³-hybridized carbons (Fsp3) is 0.103. The first-order chi connectivity index (χ1) is 16.5. The molecule has 5 aromatic rings. The van der Waals surface area contributed by atoms with Gasteiger partial charge in [-0.2, -0.15) is 5.10 Å². The molecule has 0 atom stereocenters. The van der Waals surface area contributed by atoms with Crippen molar-refractivity contribution in [2.45, 2.75) is 19.3 Å². The van der Waals surface area contributed by atoms with E-state index >= 15 is 0 Å². The molecule has 0 unspecified atom stereocenters. The summed E-state index contributed by atoms with van der Waals surface area (Å²) in [6, 6.07) is 35.8. The van der Waals surface area contributed by atoms with Crippen molar-refractivity contribution >= 4 is 17.2 Å². The lowest BCUT2D eigenvalue weighted by Gasteiger charge is -2.27. The highest BCUT2D eigenvalue weighted by Crippen LogP contribution is 2.36. The molecular formula is C29H26N4O. The number of pyridine rings is 1. The maximum Gasteiger partial charge on any atom is 0.141 e. The van der Waals surface area contributed by atoms with Crippen LogP contribution in [0.3, 0.4) is 0 Å². The summed E-state index contributed by atoms with van der Waals surface area (Å²) in [7, 11) is 0. The van der Waals surface area contributed by atoms with Crippen molar-refractivity contribution in [2.24, 2.45) is 0 Å². The predicted molar refractivity (Wildman–Crippen MR) is 136 cm³/mol. The molecule has 5 rings (SSSR count). The molecular weight excluding hydrogens is 420 g/mol. The minimum absolute atomic E-state index is 0.191. The molecule has 0 bridgehead atoms. The summed E-state index contributed by atoms with van der Waals surface area (Å²) in [4.78, 5) is 7.25. The SMILES string of the molecule is CC(C)(c1cccc(N(c2ccccc2)c2ccccc2)n1)c1ccn(-c2ccccc2O)n1. The fourth-order valence-corrected chi connectivity index (χ4v) is 4.04. The van der Waals surface area contributed by atoms with Crippen LogP contribution in [0, 0.1) is 0 Å². The maximum atomic E-state index is 10.2. The van der Waals surface area contributed by atoms with Gasteiger partial charge in [0.25, 0.3) is 0 Å². The van der Waals surface area contributed by atoms with Gasteiger partial charge in [0.05, 0.1) is 16.8 Å². The molecule has 0 spiro atoms. The van der Waals surface area contributed by atoms with Gasteiger partial charge in [-0.3, -0.25) is 4.90 Å². The molecule has 0 aliphatic heterocycles. The van der Waals surface area contributed by atoms with E-state index in [1.54, 1.807) is 16.8 Å². The Labute approximate surface area is 199 Å². The number of hydrogen-bond acceptors (Lipinski definition) is 4. The number of benzene rings is 3. The number of anilines is 3. The van der Waals surface area contributed by atoms with Gasteiger partial charge in [-0.05, 0) is 68.4 Å². The van der Waals surface area contributed by atoms with E-state index < -0.39 is 5.41 Å². The number of phenolic OH excluding ortho intramolecular Hbond substituents is 1. The molecule has 1 N–H and O–H groups in total. The minimum atomic E-state index is -0.454. The van der Waals surface area contributed by atoms with Crippen LogP contribution >= 0.6 is 0 Å². The first kappa shape index (κ1) is 21.5. The first-order valence-corrected chi connectivity index (χ1v) is 11.3. The van der Waals surface area contributed by atoms with Crippen molar-refractivity contribution in [2.75, 3.05) is 4.90 Å². The molecule has 0 fully saturated rings. The number of hydrogen-bond donors (Lipinski definition) is 1. The van der Waals surface area contributed by atoms with Gasteiger partial charge in [-0.25, -0.2) is 9.67 Å². The van der Waals surface area contributed by atoms with E-state index in [-0.39, 0.29) is 5.75 Å². The van der Waals surface area contributed by atoms with E-state index in [2.05, 4.69) is 43.0 Å². The molecule has 168 valence electrons. The quantitative estimate of drug-likeness (QED) is 0.313.